The van der Waals surface area contributed by atoms with Crippen molar-refractivity contribution in [3.8, 4) is 0 Å². The Morgan fingerprint density at radius 1 is 1.45 bits per heavy atom. The average molecular weight is 285 g/mol. The van der Waals surface area contributed by atoms with Crippen molar-refractivity contribution in [2.24, 2.45) is 0 Å². The number of aliphatic hydroxyl groups is 2. The first kappa shape index (κ1) is 15.4. The summed E-state index contributed by atoms with van der Waals surface area (Å²) in [5, 5.41) is 23.3. The highest BCUT2D eigenvalue weighted by atomic mass is 16.6. The summed E-state index contributed by atoms with van der Waals surface area (Å²) in [6.45, 7) is 8.99. The predicted molar refractivity (Wildman–Crippen MR) is 72.1 cm³/mol. The van der Waals surface area contributed by atoms with Crippen LogP contribution in [0.3, 0.4) is 0 Å². The zero-order valence-corrected chi connectivity index (χ0v) is 12.1. The molecule has 0 aromatic rings. The van der Waals surface area contributed by atoms with Crippen molar-refractivity contribution in [3.05, 3.63) is 12.2 Å². The smallest absolute Gasteiger partial charge is 0.333 e. The Labute approximate surface area is 118 Å². The highest BCUT2D eigenvalue weighted by molar-refractivity contribution is 5.86. The molecule has 2 aliphatic rings. The highest BCUT2D eigenvalue weighted by Crippen LogP contribution is 2.38. The van der Waals surface area contributed by atoms with Gasteiger partial charge >= 0.3 is 5.97 Å². The topological polar surface area (TPSA) is 88.0 Å². The molecule has 0 aromatic heterocycles. The van der Waals surface area contributed by atoms with Crippen molar-refractivity contribution in [1.82, 2.24) is 5.32 Å². The molecule has 6 nitrogen and oxygen atoms in total. The van der Waals surface area contributed by atoms with Crippen molar-refractivity contribution < 1.29 is 24.5 Å². The van der Waals surface area contributed by atoms with Gasteiger partial charge in [-0.2, -0.15) is 0 Å². The summed E-state index contributed by atoms with van der Waals surface area (Å²) in [6, 6.07) is -0.275. The van der Waals surface area contributed by atoms with E-state index in [4.69, 9.17) is 9.47 Å². The fraction of sp³-hybridized carbons (Fsp3) is 0.786. The number of rotatable bonds is 4. The summed E-state index contributed by atoms with van der Waals surface area (Å²) in [6.07, 6.45) is -2.08. The van der Waals surface area contributed by atoms with Gasteiger partial charge in [-0.1, -0.05) is 13.5 Å². The third kappa shape index (κ3) is 2.48. The van der Waals surface area contributed by atoms with Gasteiger partial charge in [0.2, 0.25) is 0 Å². The van der Waals surface area contributed by atoms with E-state index >= 15 is 0 Å². The average Bonchev–Trinajstić information content (AvgIpc) is 2.41. The number of aliphatic hydroxyl groups excluding tert-OH is 2. The van der Waals surface area contributed by atoms with Crippen LogP contribution in [0.2, 0.25) is 0 Å². The Bertz CT molecular complexity index is 412. The lowest BCUT2D eigenvalue weighted by Gasteiger charge is -2.60. The maximum Gasteiger partial charge on any atom is 0.333 e. The predicted octanol–water partition coefficient (Wildman–Crippen LogP) is -0.265. The van der Waals surface area contributed by atoms with Crippen LogP contribution in [-0.2, 0) is 14.3 Å². The molecule has 2 aliphatic heterocycles. The number of nitrogens with one attached hydrogen (secondary N) is 1. The second-order valence-electron chi connectivity index (χ2n) is 5.90. The van der Waals surface area contributed by atoms with E-state index in [1.54, 1.807) is 6.92 Å². The normalized spacial score (nSPS) is 43.4. The Morgan fingerprint density at radius 2 is 2.10 bits per heavy atom. The summed E-state index contributed by atoms with van der Waals surface area (Å²) in [4.78, 5) is 11.4. The van der Waals surface area contributed by atoms with Gasteiger partial charge in [-0.15, -0.1) is 0 Å². The number of carbonyl (C=O) groups is 1. The number of fused-ring (bicyclic) bond motifs is 1. The first-order valence-corrected chi connectivity index (χ1v) is 6.92. The van der Waals surface area contributed by atoms with Gasteiger partial charge in [-0.25, -0.2) is 4.79 Å². The van der Waals surface area contributed by atoms with E-state index in [9.17, 15) is 15.0 Å². The Hall–Kier alpha value is -0.950. The van der Waals surface area contributed by atoms with Crippen LogP contribution in [0.4, 0.5) is 0 Å². The third-order valence-corrected chi connectivity index (χ3v) is 4.33. The minimum Gasteiger partial charge on any atom is -0.459 e. The van der Waals surface area contributed by atoms with Crippen LogP contribution >= 0.6 is 0 Å². The summed E-state index contributed by atoms with van der Waals surface area (Å²) in [7, 11) is 0. The molecule has 0 bridgehead atoms. The second-order valence-corrected chi connectivity index (χ2v) is 5.90. The molecular weight excluding hydrogens is 262 g/mol. The first-order chi connectivity index (χ1) is 9.30. The van der Waals surface area contributed by atoms with Crippen LogP contribution in [0.25, 0.3) is 0 Å². The Balaban J connectivity index is 1.99. The Morgan fingerprint density at radius 3 is 2.65 bits per heavy atom. The van der Waals surface area contributed by atoms with Crippen LogP contribution in [0.5, 0.6) is 0 Å². The molecule has 2 heterocycles. The fourth-order valence-electron chi connectivity index (χ4n) is 2.76. The van der Waals surface area contributed by atoms with Gasteiger partial charge < -0.3 is 25.0 Å². The van der Waals surface area contributed by atoms with Crippen molar-refractivity contribution in [1.29, 1.82) is 0 Å². The standard InChI is InChI=1S/C14H23NO5/c1-5-14(4)12-9(15-14)11(17)10(16)8(20-12)6-19-13(18)7(2)3/h8-12,15-17H,2,5-6H2,1,3-4H3. The summed E-state index contributed by atoms with van der Waals surface area (Å²) >= 11 is 0. The zero-order chi connectivity index (χ0) is 15.1. The van der Waals surface area contributed by atoms with Crippen LogP contribution in [-0.4, -0.2) is 58.8 Å². The van der Waals surface area contributed by atoms with Gasteiger partial charge in [-0.05, 0) is 20.3 Å². The molecule has 0 radical (unpaired) electrons. The molecule has 2 rings (SSSR count). The van der Waals surface area contributed by atoms with Crippen LogP contribution < -0.4 is 5.32 Å². The summed E-state index contributed by atoms with van der Waals surface area (Å²) < 4.78 is 10.8. The minimum atomic E-state index is -1.08. The minimum absolute atomic E-state index is 0.0903. The molecule has 20 heavy (non-hydrogen) atoms. The molecule has 0 amide bonds. The monoisotopic (exact) mass is 285 g/mol. The number of esters is 1. The fourth-order valence-corrected chi connectivity index (χ4v) is 2.76. The molecule has 2 saturated heterocycles. The maximum atomic E-state index is 11.4. The van der Waals surface area contributed by atoms with Gasteiger partial charge in [-0.3, -0.25) is 0 Å². The van der Waals surface area contributed by atoms with E-state index < -0.39 is 24.3 Å². The van der Waals surface area contributed by atoms with Gasteiger partial charge in [0, 0.05) is 11.1 Å². The van der Waals surface area contributed by atoms with Crippen molar-refractivity contribution in [2.75, 3.05) is 6.61 Å². The quantitative estimate of drug-likeness (QED) is 0.487. The van der Waals surface area contributed by atoms with E-state index in [0.29, 0.717) is 0 Å². The van der Waals surface area contributed by atoms with Gasteiger partial charge in [0.05, 0.1) is 12.1 Å². The first-order valence-electron chi connectivity index (χ1n) is 6.92. The zero-order valence-electron chi connectivity index (χ0n) is 12.1. The van der Waals surface area contributed by atoms with E-state index in [1.807, 2.05) is 13.8 Å². The lowest BCUT2D eigenvalue weighted by atomic mass is 9.72. The Kier molecular flexibility index (Phi) is 4.20. The largest absolute Gasteiger partial charge is 0.459 e. The summed E-state index contributed by atoms with van der Waals surface area (Å²) in [5.41, 5.74) is 0.0694. The molecule has 0 aromatic carbocycles. The number of ether oxygens (including phenoxy) is 2. The molecule has 0 aliphatic carbocycles. The molecular formula is C14H23NO5. The molecule has 6 heteroatoms. The van der Waals surface area contributed by atoms with E-state index in [0.717, 1.165) is 6.42 Å². The number of carbonyl (C=O) groups excluding carboxylic acids is 1. The van der Waals surface area contributed by atoms with Gasteiger partial charge in [0.25, 0.3) is 0 Å². The van der Waals surface area contributed by atoms with Gasteiger partial charge in [0.1, 0.15) is 24.9 Å². The van der Waals surface area contributed by atoms with E-state index in [1.165, 1.54) is 0 Å². The lowest BCUT2D eigenvalue weighted by molar-refractivity contribution is -0.253. The molecule has 6 atom stereocenters. The van der Waals surface area contributed by atoms with Crippen LogP contribution in [0, 0.1) is 0 Å². The summed E-state index contributed by atoms with van der Waals surface area (Å²) in [5.74, 6) is -0.526. The SMILES string of the molecule is C=C(C)C(=O)OCC1OC2C(NC2(C)CC)C(O)C1O. The molecule has 2 fully saturated rings. The van der Waals surface area contributed by atoms with Gasteiger partial charge in [0.15, 0.2) is 0 Å². The molecule has 6 unspecified atom stereocenters. The van der Waals surface area contributed by atoms with Crippen LogP contribution in [0.15, 0.2) is 12.2 Å². The number of hydrogen-bond acceptors (Lipinski definition) is 6. The number of hydrogen-bond donors (Lipinski definition) is 3. The maximum absolute atomic E-state index is 11.4. The highest BCUT2D eigenvalue weighted by Gasteiger charge is 2.59. The van der Waals surface area contributed by atoms with Crippen LogP contribution in [0.1, 0.15) is 27.2 Å². The van der Waals surface area contributed by atoms with Crippen molar-refractivity contribution >= 4 is 5.97 Å². The van der Waals surface area contributed by atoms with Crippen molar-refractivity contribution in [2.45, 2.75) is 63.2 Å². The van der Waals surface area contributed by atoms with E-state index in [-0.39, 0.29) is 29.9 Å². The molecule has 3 N–H and O–H groups in total. The van der Waals surface area contributed by atoms with Crippen molar-refractivity contribution in [3.63, 3.8) is 0 Å². The lowest BCUT2D eigenvalue weighted by Crippen LogP contribution is -2.82. The second kappa shape index (κ2) is 5.44. The molecule has 0 saturated carbocycles. The third-order valence-electron chi connectivity index (χ3n) is 4.33. The molecule has 0 spiro atoms. The van der Waals surface area contributed by atoms with E-state index in [2.05, 4.69) is 11.9 Å². The molecule has 114 valence electrons.